The number of hydrogen-bond acceptors (Lipinski definition) is 3. The summed E-state index contributed by atoms with van der Waals surface area (Å²) in [6, 6.07) is 3.87. The van der Waals surface area contributed by atoms with Crippen LogP contribution in [0.3, 0.4) is 0 Å². The van der Waals surface area contributed by atoms with Gasteiger partial charge >= 0.3 is 5.97 Å². The molecule has 0 aliphatic rings. The van der Waals surface area contributed by atoms with E-state index in [-0.39, 0.29) is 26.9 Å². The maximum Gasteiger partial charge on any atom is 0.339 e. The first-order chi connectivity index (χ1) is 9.43. The Kier molecular flexibility index (Phi) is 4.48. The number of benzene rings is 1. The molecule has 2 aromatic rings. The largest absolute Gasteiger partial charge is 0.465 e. The molecule has 0 aliphatic heterocycles. The molecule has 104 valence electrons. The fourth-order valence-electron chi connectivity index (χ4n) is 1.62. The molecule has 0 radical (unpaired) electrons. The number of methoxy groups -OCH3 is 1. The van der Waals surface area contributed by atoms with Gasteiger partial charge in [-0.1, -0.05) is 34.8 Å². The predicted octanol–water partition coefficient (Wildman–Crippen LogP) is 4.63. The number of nitrogens with zero attached hydrogens (tertiary/aromatic N) is 1. The first-order valence-electron chi connectivity index (χ1n) is 5.32. The van der Waals surface area contributed by atoms with Crippen LogP contribution in [0, 0.1) is 5.82 Å². The van der Waals surface area contributed by atoms with Crippen molar-refractivity contribution in [3.05, 3.63) is 50.8 Å². The van der Waals surface area contributed by atoms with Crippen molar-refractivity contribution in [1.82, 2.24) is 4.98 Å². The van der Waals surface area contributed by atoms with Gasteiger partial charge in [-0.05, 0) is 18.2 Å². The standard InChI is InChI=1S/C13H7Cl3FNO2/c1-20-13(19)6-2-10(17)12(18-5-6)11-8(15)3-7(14)4-9(11)16/h2-5H,1H3. The molecular weight excluding hydrogens is 328 g/mol. The smallest absolute Gasteiger partial charge is 0.339 e. The molecule has 0 atom stereocenters. The number of hydrogen-bond donors (Lipinski definition) is 0. The zero-order chi connectivity index (χ0) is 14.9. The lowest BCUT2D eigenvalue weighted by Crippen LogP contribution is -2.04. The highest BCUT2D eigenvalue weighted by molar-refractivity contribution is 6.41. The van der Waals surface area contributed by atoms with Gasteiger partial charge < -0.3 is 4.74 Å². The molecule has 0 N–H and O–H groups in total. The van der Waals surface area contributed by atoms with Crippen LogP contribution < -0.4 is 0 Å². The lowest BCUT2D eigenvalue weighted by molar-refractivity contribution is 0.0599. The Balaban J connectivity index is 2.57. The predicted molar refractivity (Wildman–Crippen MR) is 76.0 cm³/mol. The van der Waals surface area contributed by atoms with Crippen molar-refractivity contribution in [2.45, 2.75) is 0 Å². The summed E-state index contributed by atoms with van der Waals surface area (Å²) in [5, 5.41) is 0.662. The van der Waals surface area contributed by atoms with Crippen LogP contribution in [0.1, 0.15) is 10.4 Å². The van der Waals surface area contributed by atoms with E-state index in [1.165, 1.54) is 25.4 Å². The van der Waals surface area contributed by atoms with Gasteiger partial charge in [-0.15, -0.1) is 0 Å². The van der Waals surface area contributed by atoms with E-state index in [1.807, 2.05) is 0 Å². The summed E-state index contributed by atoms with van der Waals surface area (Å²) < 4.78 is 18.6. The number of carbonyl (C=O) groups excluding carboxylic acids is 1. The molecule has 1 aromatic carbocycles. The average molecular weight is 335 g/mol. The second kappa shape index (κ2) is 5.95. The normalized spacial score (nSPS) is 10.4. The van der Waals surface area contributed by atoms with Crippen molar-refractivity contribution in [3.63, 3.8) is 0 Å². The quantitative estimate of drug-likeness (QED) is 0.751. The molecular formula is C13H7Cl3FNO2. The highest BCUT2D eigenvalue weighted by Crippen LogP contribution is 2.37. The molecule has 0 spiro atoms. The number of rotatable bonds is 2. The zero-order valence-corrected chi connectivity index (χ0v) is 12.4. The Morgan fingerprint density at radius 3 is 2.30 bits per heavy atom. The Hall–Kier alpha value is -1.36. The summed E-state index contributed by atoms with van der Waals surface area (Å²) in [5.74, 6) is -1.42. The summed E-state index contributed by atoms with van der Waals surface area (Å²) in [6.45, 7) is 0. The first-order valence-corrected chi connectivity index (χ1v) is 6.46. The lowest BCUT2D eigenvalue weighted by atomic mass is 10.1. The van der Waals surface area contributed by atoms with Gasteiger partial charge in [0, 0.05) is 16.8 Å². The van der Waals surface area contributed by atoms with Crippen molar-refractivity contribution in [2.24, 2.45) is 0 Å². The topological polar surface area (TPSA) is 39.2 Å². The SMILES string of the molecule is COC(=O)c1cnc(-c2c(Cl)cc(Cl)cc2Cl)c(F)c1. The molecule has 0 amide bonds. The van der Waals surface area contributed by atoms with Crippen molar-refractivity contribution >= 4 is 40.8 Å². The van der Waals surface area contributed by atoms with Crippen LogP contribution >= 0.6 is 34.8 Å². The van der Waals surface area contributed by atoms with Gasteiger partial charge in [0.2, 0.25) is 0 Å². The highest BCUT2D eigenvalue weighted by Gasteiger charge is 2.18. The Labute approximate surface area is 129 Å². The molecule has 7 heteroatoms. The molecule has 1 heterocycles. The second-order valence-corrected chi connectivity index (χ2v) is 5.04. The van der Waals surface area contributed by atoms with Crippen LogP contribution in [0.15, 0.2) is 24.4 Å². The van der Waals surface area contributed by atoms with Crippen LogP contribution in [-0.2, 0) is 4.74 Å². The Morgan fingerprint density at radius 1 is 1.20 bits per heavy atom. The van der Waals surface area contributed by atoms with Crippen molar-refractivity contribution in [3.8, 4) is 11.3 Å². The van der Waals surface area contributed by atoms with Crippen molar-refractivity contribution < 1.29 is 13.9 Å². The van der Waals surface area contributed by atoms with E-state index in [0.29, 0.717) is 5.02 Å². The van der Waals surface area contributed by atoms with Crippen LogP contribution in [0.2, 0.25) is 15.1 Å². The summed E-state index contributed by atoms with van der Waals surface area (Å²) in [5.41, 5.74) is 0.144. The van der Waals surface area contributed by atoms with E-state index in [1.54, 1.807) is 0 Å². The van der Waals surface area contributed by atoms with Gasteiger partial charge in [-0.2, -0.15) is 0 Å². The third-order valence-electron chi connectivity index (χ3n) is 2.51. The third kappa shape index (κ3) is 2.87. The number of carbonyl (C=O) groups is 1. The van der Waals surface area contributed by atoms with Crippen LogP contribution in [0.5, 0.6) is 0 Å². The first kappa shape index (κ1) is 15.0. The number of halogens is 4. The van der Waals surface area contributed by atoms with Gasteiger partial charge in [0.15, 0.2) is 0 Å². The Bertz CT molecular complexity index is 668. The fraction of sp³-hybridized carbons (Fsp3) is 0.0769. The monoisotopic (exact) mass is 333 g/mol. The minimum Gasteiger partial charge on any atom is -0.465 e. The number of aromatic nitrogens is 1. The minimum atomic E-state index is -0.737. The van der Waals surface area contributed by atoms with Gasteiger partial charge in [0.1, 0.15) is 11.5 Å². The van der Waals surface area contributed by atoms with E-state index in [0.717, 1.165) is 6.07 Å². The van der Waals surface area contributed by atoms with Crippen LogP contribution in [0.25, 0.3) is 11.3 Å². The van der Waals surface area contributed by atoms with Crippen LogP contribution in [-0.4, -0.2) is 18.1 Å². The number of ether oxygens (including phenoxy) is 1. The van der Waals surface area contributed by atoms with E-state index in [9.17, 15) is 9.18 Å². The zero-order valence-electron chi connectivity index (χ0n) is 10.1. The summed E-state index contributed by atoms with van der Waals surface area (Å²) in [4.78, 5) is 15.2. The lowest BCUT2D eigenvalue weighted by Gasteiger charge is -2.09. The van der Waals surface area contributed by atoms with Gasteiger partial charge in [0.05, 0.1) is 22.7 Å². The summed E-state index contributed by atoms with van der Waals surface area (Å²) in [7, 11) is 1.20. The summed E-state index contributed by atoms with van der Waals surface area (Å²) >= 11 is 17.8. The maximum atomic E-state index is 14.1. The molecule has 0 saturated heterocycles. The highest BCUT2D eigenvalue weighted by atomic mass is 35.5. The van der Waals surface area contributed by atoms with E-state index >= 15 is 0 Å². The van der Waals surface area contributed by atoms with Crippen molar-refractivity contribution in [2.75, 3.05) is 7.11 Å². The molecule has 0 unspecified atom stereocenters. The molecule has 0 bridgehead atoms. The molecule has 0 fully saturated rings. The molecule has 2 rings (SSSR count). The maximum absolute atomic E-state index is 14.1. The van der Waals surface area contributed by atoms with E-state index in [2.05, 4.69) is 9.72 Å². The second-order valence-electron chi connectivity index (χ2n) is 3.79. The van der Waals surface area contributed by atoms with E-state index in [4.69, 9.17) is 34.8 Å². The molecule has 0 saturated carbocycles. The number of esters is 1. The molecule has 0 aliphatic carbocycles. The van der Waals surface area contributed by atoms with Crippen LogP contribution in [0.4, 0.5) is 4.39 Å². The fourth-order valence-corrected chi connectivity index (χ4v) is 2.62. The Morgan fingerprint density at radius 2 is 1.80 bits per heavy atom. The minimum absolute atomic E-state index is 0.00467. The third-order valence-corrected chi connectivity index (χ3v) is 3.32. The van der Waals surface area contributed by atoms with E-state index < -0.39 is 11.8 Å². The number of pyridine rings is 1. The van der Waals surface area contributed by atoms with Gasteiger partial charge in [-0.25, -0.2) is 9.18 Å². The van der Waals surface area contributed by atoms with Crippen molar-refractivity contribution in [1.29, 1.82) is 0 Å². The van der Waals surface area contributed by atoms with Gasteiger partial charge in [0.25, 0.3) is 0 Å². The molecule has 20 heavy (non-hydrogen) atoms. The molecule has 1 aromatic heterocycles. The van der Waals surface area contributed by atoms with Gasteiger partial charge in [-0.3, -0.25) is 4.98 Å². The summed E-state index contributed by atoms with van der Waals surface area (Å²) in [6.07, 6.45) is 1.19. The average Bonchev–Trinajstić information content (AvgIpc) is 2.38. The molecule has 3 nitrogen and oxygen atoms in total.